The third-order valence-corrected chi connectivity index (χ3v) is 5.11. The molecule has 5 heteroatoms. The van der Waals surface area contributed by atoms with Crippen LogP contribution in [-0.2, 0) is 11.3 Å². The highest BCUT2D eigenvalue weighted by Gasteiger charge is 2.17. The lowest BCUT2D eigenvalue weighted by Gasteiger charge is -2.23. The second-order valence-electron chi connectivity index (χ2n) is 6.15. The van der Waals surface area contributed by atoms with E-state index in [-0.39, 0.29) is 5.91 Å². The van der Waals surface area contributed by atoms with Crippen molar-refractivity contribution in [2.24, 2.45) is 0 Å². The molecule has 0 aliphatic rings. The summed E-state index contributed by atoms with van der Waals surface area (Å²) in [7, 11) is 0. The fraction of sp³-hybridized carbons (Fsp3) is 0.0909. The number of nitrogens with one attached hydrogen (secondary N) is 1. The molecule has 0 aliphatic heterocycles. The Morgan fingerprint density at radius 2 is 1.56 bits per heavy atom. The van der Waals surface area contributed by atoms with Crippen LogP contribution < -0.4 is 4.90 Å². The number of thioether (sulfide) groups is 1. The molecule has 1 N–H and O–H groups in total. The van der Waals surface area contributed by atoms with Gasteiger partial charge in [0.2, 0.25) is 5.91 Å². The summed E-state index contributed by atoms with van der Waals surface area (Å²) in [6, 6.07) is 27.7. The molecule has 0 bridgehead atoms. The van der Waals surface area contributed by atoms with E-state index in [1.54, 1.807) is 0 Å². The Bertz CT molecular complexity index is 998. The number of H-pyrrole nitrogens is 1. The number of anilines is 1. The number of hydrogen-bond acceptors (Lipinski definition) is 3. The van der Waals surface area contributed by atoms with E-state index in [2.05, 4.69) is 9.97 Å². The van der Waals surface area contributed by atoms with Crippen molar-refractivity contribution in [1.82, 2.24) is 9.97 Å². The van der Waals surface area contributed by atoms with E-state index in [4.69, 9.17) is 0 Å². The maximum Gasteiger partial charge on any atom is 0.237 e. The fourth-order valence-corrected chi connectivity index (χ4v) is 3.66. The Labute approximate surface area is 162 Å². The minimum atomic E-state index is 0.0514. The normalized spacial score (nSPS) is 10.8. The van der Waals surface area contributed by atoms with Crippen molar-refractivity contribution in [3.63, 3.8) is 0 Å². The number of carbonyl (C=O) groups is 1. The van der Waals surface area contributed by atoms with E-state index >= 15 is 0 Å². The van der Waals surface area contributed by atoms with Crippen LogP contribution in [0, 0.1) is 0 Å². The van der Waals surface area contributed by atoms with Gasteiger partial charge in [-0.25, -0.2) is 4.98 Å². The maximum absolute atomic E-state index is 13.0. The van der Waals surface area contributed by atoms with E-state index in [0.29, 0.717) is 12.3 Å². The van der Waals surface area contributed by atoms with Gasteiger partial charge in [0.25, 0.3) is 0 Å². The SMILES string of the molecule is O=C(CSc1nc2ccccc2[nH]1)N(Cc1ccccc1)c1ccccc1. The third-order valence-electron chi connectivity index (χ3n) is 4.25. The first kappa shape index (κ1) is 17.4. The van der Waals surface area contributed by atoms with E-state index in [0.717, 1.165) is 27.4 Å². The summed E-state index contributed by atoms with van der Waals surface area (Å²) in [4.78, 5) is 22.6. The van der Waals surface area contributed by atoms with Crippen molar-refractivity contribution < 1.29 is 4.79 Å². The Kier molecular flexibility index (Phi) is 5.21. The zero-order chi connectivity index (χ0) is 18.5. The number of carbonyl (C=O) groups excluding carboxylic acids is 1. The van der Waals surface area contributed by atoms with Gasteiger partial charge in [-0.3, -0.25) is 4.79 Å². The largest absolute Gasteiger partial charge is 0.333 e. The van der Waals surface area contributed by atoms with Gasteiger partial charge in [0.05, 0.1) is 23.3 Å². The number of para-hydroxylation sites is 3. The summed E-state index contributed by atoms with van der Waals surface area (Å²) in [6.07, 6.45) is 0. The second kappa shape index (κ2) is 8.10. The quantitative estimate of drug-likeness (QED) is 0.490. The maximum atomic E-state index is 13.0. The van der Waals surface area contributed by atoms with E-state index in [1.807, 2.05) is 89.8 Å². The molecule has 0 unspecified atom stereocenters. The minimum Gasteiger partial charge on any atom is -0.333 e. The van der Waals surface area contributed by atoms with Crippen LogP contribution >= 0.6 is 11.8 Å². The monoisotopic (exact) mass is 373 g/mol. The topological polar surface area (TPSA) is 49.0 Å². The highest BCUT2D eigenvalue weighted by atomic mass is 32.2. The Morgan fingerprint density at radius 3 is 2.30 bits per heavy atom. The lowest BCUT2D eigenvalue weighted by atomic mass is 10.2. The molecule has 1 aromatic heterocycles. The Morgan fingerprint density at radius 1 is 0.889 bits per heavy atom. The highest BCUT2D eigenvalue weighted by Crippen LogP contribution is 2.22. The molecule has 1 amide bonds. The lowest BCUT2D eigenvalue weighted by molar-refractivity contribution is -0.116. The van der Waals surface area contributed by atoms with Crippen LogP contribution in [0.3, 0.4) is 0 Å². The summed E-state index contributed by atoms with van der Waals surface area (Å²) >= 11 is 1.43. The van der Waals surface area contributed by atoms with Crippen LogP contribution in [0.15, 0.2) is 90.1 Å². The van der Waals surface area contributed by atoms with Crippen molar-refractivity contribution in [3.05, 3.63) is 90.5 Å². The number of fused-ring (bicyclic) bond motifs is 1. The first-order chi connectivity index (χ1) is 13.3. The first-order valence-electron chi connectivity index (χ1n) is 8.76. The highest BCUT2D eigenvalue weighted by molar-refractivity contribution is 7.99. The number of hydrogen-bond donors (Lipinski definition) is 1. The van der Waals surface area contributed by atoms with Gasteiger partial charge in [-0.1, -0.05) is 72.4 Å². The van der Waals surface area contributed by atoms with Crippen molar-refractivity contribution in [1.29, 1.82) is 0 Å². The summed E-state index contributed by atoms with van der Waals surface area (Å²) < 4.78 is 0. The van der Waals surface area contributed by atoms with Crippen molar-refractivity contribution in [2.45, 2.75) is 11.7 Å². The minimum absolute atomic E-state index is 0.0514. The van der Waals surface area contributed by atoms with Crippen LogP contribution in [0.4, 0.5) is 5.69 Å². The van der Waals surface area contributed by atoms with Crippen molar-refractivity contribution >= 4 is 34.4 Å². The van der Waals surface area contributed by atoms with Gasteiger partial charge >= 0.3 is 0 Å². The number of amides is 1. The van der Waals surface area contributed by atoms with Gasteiger partial charge in [-0.05, 0) is 29.8 Å². The molecular formula is C22H19N3OS. The van der Waals surface area contributed by atoms with Crippen LogP contribution in [0.2, 0.25) is 0 Å². The van der Waals surface area contributed by atoms with Crippen LogP contribution in [0.5, 0.6) is 0 Å². The zero-order valence-electron chi connectivity index (χ0n) is 14.7. The molecule has 3 aromatic carbocycles. The average Bonchev–Trinajstić information content (AvgIpc) is 3.15. The molecule has 0 aliphatic carbocycles. The number of benzene rings is 3. The molecule has 4 rings (SSSR count). The molecule has 27 heavy (non-hydrogen) atoms. The molecule has 134 valence electrons. The summed E-state index contributed by atoms with van der Waals surface area (Å²) in [5.74, 6) is 0.372. The molecule has 4 nitrogen and oxygen atoms in total. The number of aromatic nitrogens is 2. The molecule has 0 saturated heterocycles. The predicted molar refractivity (Wildman–Crippen MR) is 111 cm³/mol. The van der Waals surface area contributed by atoms with E-state index in [9.17, 15) is 4.79 Å². The van der Waals surface area contributed by atoms with Gasteiger partial charge in [0.15, 0.2) is 5.16 Å². The van der Waals surface area contributed by atoms with Gasteiger partial charge in [-0.15, -0.1) is 0 Å². The Balaban J connectivity index is 1.51. The lowest BCUT2D eigenvalue weighted by Crippen LogP contribution is -2.31. The van der Waals surface area contributed by atoms with E-state index < -0.39 is 0 Å². The fourth-order valence-electron chi connectivity index (χ4n) is 2.90. The molecule has 1 heterocycles. The standard InChI is InChI=1S/C22H19N3OS/c26-21(16-27-22-23-19-13-7-8-14-20(19)24-22)25(18-11-5-2-6-12-18)15-17-9-3-1-4-10-17/h1-14H,15-16H2,(H,23,24). The second-order valence-corrected chi connectivity index (χ2v) is 7.11. The molecular weight excluding hydrogens is 354 g/mol. The average molecular weight is 373 g/mol. The smallest absolute Gasteiger partial charge is 0.237 e. The van der Waals surface area contributed by atoms with Crippen LogP contribution in [0.25, 0.3) is 11.0 Å². The van der Waals surface area contributed by atoms with Gasteiger partial charge in [0.1, 0.15) is 0 Å². The van der Waals surface area contributed by atoms with Gasteiger partial charge in [-0.2, -0.15) is 0 Å². The third kappa shape index (κ3) is 4.20. The number of imidazole rings is 1. The predicted octanol–water partition coefficient (Wildman–Crippen LogP) is 4.89. The first-order valence-corrected chi connectivity index (χ1v) is 9.75. The summed E-state index contributed by atoms with van der Waals surface area (Å²) in [5, 5.41) is 0.761. The van der Waals surface area contributed by atoms with Gasteiger partial charge in [0, 0.05) is 5.69 Å². The number of aromatic amines is 1. The number of nitrogens with zero attached hydrogens (tertiary/aromatic N) is 2. The summed E-state index contributed by atoms with van der Waals surface area (Å²) in [6.45, 7) is 0.546. The molecule has 0 spiro atoms. The summed E-state index contributed by atoms with van der Waals surface area (Å²) in [5.41, 5.74) is 3.90. The molecule has 0 saturated carbocycles. The van der Waals surface area contributed by atoms with Crippen LogP contribution in [-0.4, -0.2) is 21.6 Å². The molecule has 4 aromatic rings. The molecule has 0 fully saturated rings. The molecule has 0 radical (unpaired) electrons. The van der Waals surface area contributed by atoms with E-state index in [1.165, 1.54) is 11.8 Å². The Hall–Kier alpha value is -3.05. The zero-order valence-corrected chi connectivity index (χ0v) is 15.5. The van der Waals surface area contributed by atoms with Gasteiger partial charge < -0.3 is 9.88 Å². The molecule has 0 atom stereocenters. The number of rotatable bonds is 6. The van der Waals surface area contributed by atoms with Crippen molar-refractivity contribution in [2.75, 3.05) is 10.7 Å². The van der Waals surface area contributed by atoms with Crippen molar-refractivity contribution in [3.8, 4) is 0 Å². The van der Waals surface area contributed by atoms with Crippen LogP contribution in [0.1, 0.15) is 5.56 Å².